The van der Waals surface area contributed by atoms with Gasteiger partial charge in [0, 0.05) is 7.05 Å². The van der Waals surface area contributed by atoms with Gasteiger partial charge in [0.05, 0.1) is 6.20 Å². The minimum absolute atomic E-state index is 0.00231. The second-order valence-electron chi connectivity index (χ2n) is 1.76. The van der Waals surface area contributed by atoms with Crippen LogP contribution in [-0.2, 0) is 7.05 Å². The third-order valence-corrected chi connectivity index (χ3v) is 1.43. The lowest BCUT2D eigenvalue weighted by atomic mass is 10.6. The fourth-order valence-electron chi connectivity index (χ4n) is 0.571. The number of nitrogens with zero attached hydrogens (tertiary/aromatic N) is 1. The first-order chi connectivity index (χ1) is 4.13. The molecule has 1 aromatic heterocycles. The van der Waals surface area contributed by atoms with E-state index in [-0.39, 0.29) is 16.7 Å². The minimum atomic E-state index is -0.117. The Labute approximate surface area is 57.1 Å². The summed E-state index contributed by atoms with van der Waals surface area (Å²) in [6, 6.07) is 0. The molecule has 1 heterocycles. The van der Waals surface area contributed by atoms with Crippen molar-refractivity contribution in [3.8, 4) is 11.6 Å². The fraction of sp³-hybridized carbons (Fsp3) is 0.200. The van der Waals surface area contributed by atoms with Crippen LogP contribution in [0.1, 0.15) is 0 Å². The molecule has 1 aromatic rings. The van der Waals surface area contributed by atoms with Gasteiger partial charge in [-0.25, -0.2) is 0 Å². The Morgan fingerprint density at radius 3 is 2.22 bits per heavy atom. The molecule has 0 amide bonds. The highest BCUT2D eigenvalue weighted by Gasteiger charge is 2.08. The smallest absolute Gasteiger partial charge is 0.214 e. The van der Waals surface area contributed by atoms with Gasteiger partial charge in [-0.15, -0.1) is 0 Å². The summed E-state index contributed by atoms with van der Waals surface area (Å²) in [5, 5.41) is 17.7. The van der Waals surface area contributed by atoms with Gasteiger partial charge in [-0.3, -0.25) is 0 Å². The molecule has 0 saturated heterocycles. The molecule has 0 radical (unpaired) electrons. The molecule has 0 aliphatic heterocycles. The van der Waals surface area contributed by atoms with Crippen molar-refractivity contribution < 1.29 is 10.2 Å². The summed E-state index contributed by atoms with van der Waals surface area (Å²) in [6.45, 7) is 0. The zero-order valence-corrected chi connectivity index (χ0v) is 5.55. The number of rotatable bonds is 0. The van der Waals surface area contributed by atoms with Crippen LogP contribution in [0.2, 0.25) is 5.02 Å². The Kier molecular flexibility index (Phi) is 1.29. The number of halogens is 1. The van der Waals surface area contributed by atoms with Crippen molar-refractivity contribution in [1.82, 2.24) is 4.57 Å². The second-order valence-corrected chi connectivity index (χ2v) is 2.14. The number of aromatic nitrogens is 1. The Morgan fingerprint density at radius 1 is 1.56 bits per heavy atom. The van der Waals surface area contributed by atoms with Crippen molar-refractivity contribution in [1.29, 1.82) is 0 Å². The average molecular weight is 148 g/mol. The molecule has 0 atom stereocenters. The van der Waals surface area contributed by atoms with Crippen molar-refractivity contribution in [2.75, 3.05) is 0 Å². The van der Waals surface area contributed by atoms with E-state index in [1.54, 1.807) is 7.05 Å². The summed E-state index contributed by atoms with van der Waals surface area (Å²) in [5.41, 5.74) is 0. The summed E-state index contributed by atoms with van der Waals surface area (Å²) in [7, 11) is 1.58. The van der Waals surface area contributed by atoms with Crippen molar-refractivity contribution in [3.63, 3.8) is 0 Å². The van der Waals surface area contributed by atoms with Crippen LogP contribution in [0.25, 0.3) is 0 Å². The van der Waals surface area contributed by atoms with Gasteiger partial charge in [-0.1, -0.05) is 11.6 Å². The van der Waals surface area contributed by atoms with Gasteiger partial charge in [-0.05, 0) is 0 Å². The molecule has 0 unspecified atom stereocenters. The monoisotopic (exact) mass is 147 g/mol. The molecule has 9 heavy (non-hydrogen) atoms. The quantitative estimate of drug-likeness (QED) is 0.577. The molecule has 4 heteroatoms. The standard InChI is InChI=1S/C5H6ClNO2/c1-7-2-3(8)4(6)5(7)9/h2,8-9H,1H3. The first-order valence-corrected chi connectivity index (χ1v) is 2.73. The molecule has 50 valence electrons. The molecule has 0 aromatic carbocycles. The molecule has 1 rings (SSSR count). The number of hydrogen-bond donors (Lipinski definition) is 2. The zero-order chi connectivity index (χ0) is 7.02. The Balaban J connectivity index is 3.29. The largest absolute Gasteiger partial charge is 0.505 e. The van der Waals surface area contributed by atoms with E-state index in [0.717, 1.165) is 0 Å². The molecule has 3 nitrogen and oxygen atoms in total. The lowest BCUT2D eigenvalue weighted by molar-refractivity contribution is 0.432. The van der Waals surface area contributed by atoms with Crippen molar-refractivity contribution >= 4 is 11.6 Å². The van der Waals surface area contributed by atoms with Crippen LogP contribution < -0.4 is 0 Å². The molecule has 0 aliphatic rings. The van der Waals surface area contributed by atoms with Crippen LogP contribution in [0.5, 0.6) is 11.6 Å². The number of hydrogen-bond acceptors (Lipinski definition) is 2. The van der Waals surface area contributed by atoms with Crippen LogP contribution in [0.15, 0.2) is 6.20 Å². The predicted octanol–water partition coefficient (Wildman–Crippen LogP) is 1.09. The predicted molar refractivity (Wildman–Crippen MR) is 33.8 cm³/mol. The molecule has 0 fully saturated rings. The fourth-order valence-corrected chi connectivity index (χ4v) is 0.753. The average Bonchev–Trinajstić information content (AvgIpc) is 1.98. The Bertz CT molecular complexity index is 209. The van der Waals surface area contributed by atoms with E-state index in [2.05, 4.69) is 0 Å². The minimum Gasteiger partial charge on any atom is -0.505 e. The van der Waals surface area contributed by atoms with Crippen LogP contribution >= 0.6 is 11.6 Å². The topological polar surface area (TPSA) is 45.4 Å². The lowest BCUT2D eigenvalue weighted by Crippen LogP contribution is -1.80. The van der Waals surface area contributed by atoms with Gasteiger partial charge in [0.15, 0.2) is 5.75 Å². The third kappa shape index (κ3) is 0.833. The highest BCUT2D eigenvalue weighted by Crippen LogP contribution is 2.32. The second kappa shape index (κ2) is 1.84. The van der Waals surface area contributed by atoms with Gasteiger partial charge < -0.3 is 14.8 Å². The maximum atomic E-state index is 8.90. The highest BCUT2D eigenvalue weighted by molar-refractivity contribution is 6.33. The lowest BCUT2D eigenvalue weighted by Gasteiger charge is -1.89. The number of aromatic hydroxyl groups is 2. The summed E-state index contributed by atoms with van der Waals surface area (Å²) < 4.78 is 1.33. The van der Waals surface area contributed by atoms with E-state index < -0.39 is 0 Å². The molecule has 2 N–H and O–H groups in total. The summed E-state index contributed by atoms with van der Waals surface area (Å²) in [5.74, 6) is -0.217. The Hall–Kier alpha value is -0.830. The van der Waals surface area contributed by atoms with E-state index in [9.17, 15) is 0 Å². The maximum Gasteiger partial charge on any atom is 0.214 e. The maximum absolute atomic E-state index is 8.90. The molecular weight excluding hydrogens is 142 g/mol. The van der Waals surface area contributed by atoms with Crippen molar-refractivity contribution in [2.45, 2.75) is 0 Å². The first kappa shape index (κ1) is 6.29. The third-order valence-electron chi connectivity index (χ3n) is 1.07. The van der Waals surface area contributed by atoms with E-state index in [1.807, 2.05) is 0 Å². The van der Waals surface area contributed by atoms with E-state index >= 15 is 0 Å². The molecule has 0 spiro atoms. The SMILES string of the molecule is Cn1cc(O)c(Cl)c1O. The summed E-state index contributed by atoms with van der Waals surface area (Å²) in [4.78, 5) is 0. The summed E-state index contributed by atoms with van der Waals surface area (Å²) in [6.07, 6.45) is 1.33. The van der Waals surface area contributed by atoms with Gasteiger partial charge >= 0.3 is 0 Å². The van der Waals surface area contributed by atoms with Crippen LogP contribution in [0, 0.1) is 0 Å². The molecule has 0 aliphatic carbocycles. The molecular formula is C5H6ClNO2. The Morgan fingerprint density at radius 2 is 2.11 bits per heavy atom. The molecule has 0 saturated carbocycles. The van der Waals surface area contributed by atoms with Crippen molar-refractivity contribution in [3.05, 3.63) is 11.2 Å². The van der Waals surface area contributed by atoms with E-state index in [4.69, 9.17) is 21.8 Å². The van der Waals surface area contributed by atoms with E-state index in [0.29, 0.717) is 0 Å². The van der Waals surface area contributed by atoms with Gasteiger partial charge in [0.2, 0.25) is 5.88 Å². The number of aryl methyl sites for hydroxylation is 1. The van der Waals surface area contributed by atoms with Crippen LogP contribution in [0.3, 0.4) is 0 Å². The highest BCUT2D eigenvalue weighted by atomic mass is 35.5. The van der Waals surface area contributed by atoms with E-state index in [1.165, 1.54) is 10.8 Å². The molecule has 0 bridgehead atoms. The normalized spacial score (nSPS) is 10.0. The van der Waals surface area contributed by atoms with Crippen molar-refractivity contribution in [2.24, 2.45) is 7.05 Å². The van der Waals surface area contributed by atoms with Crippen LogP contribution in [0.4, 0.5) is 0 Å². The zero-order valence-electron chi connectivity index (χ0n) is 4.80. The van der Waals surface area contributed by atoms with Gasteiger partial charge in [0.1, 0.15) is 5.02 Å². The first-order valence-electron chi connectivity index (χ1n) is 2.35. The summed E-state index contributed by atoms with van der Waals surface area (Å²) >= 11 is 5.38. The van der Waals surface area contributed by atoms with Gasteiger partial charge in [0.25, 0.3) is 0 Å². The van der Waals surface area contributed by atoms with Gasteiger partial charge in [-0.2, -0.15) is 0 Å². The van der Waals surface area contributed by atoms with Crippen LogP contribution in [-0.4, -0.2) is 14.8 Å².